The first-order valence-corrected chi connectivity index (χ1v) is 10.8. The molecule has 1 saturated carbocycles. The number of ether oxygens (including phenoxy) is 1. The van der Waals surface area contributed by atoms with E-state index in [4.69, 9.17) is 4.74 Å². The number of nitrogens with zero attached hydrogens (tertiary/aromatic N) is 2. The summed E-state index contributed by atoms with van der Waals surface area (Å²) in [5, 5.41) is 11.5. The molecule has 1 heterocycles. The third kappa shape index (κ3) is 5.71. The fourth-order valence-corrected chi connectivity index (χ4v) is 4.72. The number of aliphatic hydroxyl groups is 1. The van der Waals surface area contributed by atoms with Crippen molar-refractivity contribution in [1.29, 1.82) is 0 Å². The van der Waals surface area contributed by atoms with E-state index in [1.54, 1.807) is 11.8 Å². The molecule has 0 radical (unpaired) electrons. The number of rotatable bonds is 4. The van der Waals surface area contributed by atoms with E-state index in [1.807, 2.05) is 26.0 Å². The molecule has 0 spiro atoms. The van der Waals surface area contributed by atoms with Crippen molar-refractivity contribution in [3.8, 4) is 5.75 Å². The summed E-state index contributed by atoms with van der Waals surface area (Å²) in [6, 6.07) is 6.61. The van der Waals surface area contributed by atoms with Gasteiger partial charge in [-0.15, -0.1) is 0 Å². The molecule has 2 fully saturated rings. The van der Waals surface area contributed by atoms with Gasteiger partial charge in [-0.2, -0.15) is 0 Å². The lowest BCUT2D eigenvalue weighted by molar-refractivity contribution is -0.132. The van der Waals surface area contributed by atoms with Crippen LogP contribution < -0.4 is 4.74 Å². The normalized spacial score (nSPS) is 25.2. The highest BCUT2D eigenvalue weighted by molar-refractivity contribution is 5.73. The van der Waals surface area contributed by atoms with Crippen molar-refractivity contribution in [3.63, 3.8) is 0 Å². The summed E-state index contributed by atoms with van der Waals surface area (Å²) in [6.07, 6.45) is 7.51. The topological polar surface area (TPSA) is 53.0 Å². The Labute approximate surface area is 169 Å². The van der Waals surface area contributed by atoms with Gasteiger partial charge >= 0.3 is 0 Å². The van der Waals surface area contributed by atoms with Crippen molar-refractivity contribution in [2.24, 2.45) is 0 Å². The number of benzene rings is 1. The molecule has 0 unspecified atom stereocenters. The zero-order valence-corrected chi connectivity index (χ0v) is 17.7. The molecule has 1 atom stereocenters. The van der Waals surface area contributed by atoms with Gasteiger partial charge in [0.05, 0.1) is 6.54 Å². The molecule has 1 aromatic carbocycles. The second kappa shape index (κ2) is 9.27. The first-order valence-electron chi connectivity index (χ1n) is 10.8. The number of carbonyl (C=O) groups excluding carboxylic acids is 1. The van der Waals surface area contributed by atoms with Crippen molar-refractivity contribution < 1.29 is 14.6 Å². The molecule has 0 aromatic heterocycles. The van der Waals surface area contributed by atoms with E-state index >= 15 is 0 Å². The SMILES string of the molecule is CC(=O)N1CCN(C2CCCCCC2)C[C@](O)(COc2cc(C)cc(C)c2)C1. The maximum absolute atomic E-state index is 12.1. The average molecular weight is 389 g/mol. The van der Waals surface area contributed by atoms with Gasteiger partial charge in [-0.1, -0.05) is 31.7 Å². The van der Waals surface area contributed by atoms with Crippen molar-refractivity contribution in [3.05, 3.63) is 29.3 Å². The molecular weight excluding hydrogens is 352 g/mol. The largest absolute Gasteiger partial charge is 0.490 e. The van der Waals surface area contributed by atoms with E-state index in [0.29, 0.717) is 25.7 Å². The van der Waals surface area contributed by atoms with Crippen LogP contribution in [0.2, 0.25) is 0 Å². The van der Waals surface area contributed by atoms with Gasteiger partial charge in [0.2, 0.25) is 5.91 Å². The molecule has 1 aliphatic heterocycles. The average Bonchev–Trinajstić information content (AvgIpc) is 2.99. The van der Waals surface area contributed by atoms with Gasteiger partial charge in [0.1, 0.15) is 18.0 Å². The summed E-state index contributed by atoms with van der Waals surface area (Å²) < 4.78 is 6.04. The van der Waals surface area contributed by atoms with E-state index in [9.17, 15) is 9.90 Å². The highest BCUT2D eigenvalue weighted by atomic mass is 16.5. The highest BCUT2D eigenvalue weighted by Gasteiger charge is 2.38. The van der Waals surface area contributed by atoms with Crippen LogP contribution in [0, 0.1) is 13.8 Å². The minimum absolute atomic E-state index is 0.0209. The van der Waals surface area contributed by atoms with Crippen LogP contribution in [0.4, 0.5) is 0 Å². The van der Waals surface area contributed by atoms with Crippen molar-refractivity contribution in [2.75, 3.05) is 32.8 Å². The van der Waals surface area contributed by atoms with Gasteiger partial charge in [0.25, 0.3) is 0 Å². The molecule has 5 heteroatoms. The second-order valence-electron chi connectivity index (χ2n) is 8.89. The Balaban J connectivity index is 1.74. The van der Waals surface area contributed by atoms with Crippen LogP contribution in [0.5, 0.6) is 5.75 Å². The number of amides is 1. The smallest absolute Gasteiger partial charge is 0.219 e. The highest BCUT2D eigenvalue weighted by Crippen LogP contribution is 2.26. The lowest BCUT2D eigenvalue weighted by Crippen LogP contribution is -2.53. The van der Waals surface area contributed by atoms with E-state index in [1.165, 1.54) is 38.5 Å². The third-order valence-electron chi connectivity index (χ3n) is 6.13. The summed E-state index contributed by atoms with van der Waals surface area (Å²) in [5.74, 6) is 0.804. The maximum Gasteiger partial charge on any atom is 0.219 e. The van der Waals surface area contributed by atoms with Crippen molar-refractivity contribution >= 4 is 5.91 Å². The van der Waals surface area contributed by atoms with Gasteiger partial charge in [0, 0.05) is 32.6 Å². The van der Waals surface area contributed by atoms with Crippen LogP contribution in [0.1, 0.15) is 56.6 Å². The lowest BCUT2D eigenvalue weighted by Gasteiger charge is -2.36. The van der Waals surface area contributed by atoms with E-state index in [0.717, 1.165) is 23.4 Å². The molecule has 1 aliphatic carbocycles. The fraction of sp³-hybridized carbons (Fsp3) is 0.696. The first kappa shape index (κ1) is 21.1. The van der Waals surface area contributed by atoms with Gasteiger partial charge in [-0.3, -0.25) is 9.69 Å². The maximum atomic E-state index is 12.1. The monoisotopic (exact) mass is 388 g/mol. The molecule has 1 amide bonds. The Morgan fingerprint density at radius 2 is 1.71 bits per heavy atom. The van der Waals surface area contributed by atoms with Crippen LogP contribution >= 0.6 is 0 Å². The van der Waals surface area contributed by atoms with Gasteiger partial charge in [0.15, 0.2) is 0 Å². The Hall–Kier alpha value is -1.59. The Morgan fingerprint density at radius 3 is 2.32 bits per heavy atom. The predicted molar refractivity (Wildman–Crippen MR) is 112 cm³/mol. The minimum Gasteiger partial charge on any atom is -0.490 e. The molecule has 2 aliphatic rings. The summed E-state index contributed by atoms with van der Waals surface area (Å²) >= 11 is 0. The first-order chi connectivity index (χ1) is 13.3. The molecule has 1 aromatic rings. The molecule has 1 N–H and O–H groups in total. The van der Waals surface area contributed by atoms with Gasteiger partial charge in [-0.05, 0) is 49.9 Å². The molecule has 28 heavy (non-hydrogen) atoms. The van der Waals surface area contributed by atoms with Crippen LogP contribution in [0.25, 0.3) is 0 Å². The predicted octanol–water partition coefficient (Wildman–Crippen LogP) is 3.30. The number of β-amino-alcohol motifs (C(OH)–C–C–N with tert-alkyl or cyclic N) is 1. The molecule has 3 rings (SSSR count). The lowest BCUT2D eigenvalue weighted by atomic mass is 10.0. The van der Waals surface area contributed by atoms with E-state index < -0.39 is 5.60 Å². The molecule has 156 valence electrons. The number of hydrogen-bond acceptors (Lipinski definition) is 4. The summed E-state index contributed by atoms with van der Waals surface area (Å²) in [7, 11) is 0. The summed E-state index contributed by atoms with van der Waals surface area (Å²) in [4.78, 5) is 16.3. The van der Waals surface area contributed by atoms with E-state index in [2.05, 4.69) is 11.0 Å². The number of hydrogen-bond donors (Lipinski definition) is 1. The third-order valence-corrected chi connectivity index (χ3v) is 6.13. The van der Waals surface area contributed by atoms with Crippen LogP contribution in [0.15, 0.2) is 18.2 Å². The van der Waals surface area contributed by atoms with Crippen molar-refractivity contribution in [1.82, 2.24) is 9.80 Å². The second-order valence-corrected chi connectivity index (χ2v) is 8.89. The van der Waals surface area contributed by atoms with Gasteiger partial charge in [-0.25, -0.2) is 0 Å². The number of aryl methyl sites for hydroxylation is 2. The van der Waals surface area contributed by atoms with Crippen LogP contribution in [-0.2, 0) is 4.79 Å². The Bertz CT molecular complexity index is 650. The van der Waals surface area contributed by atoms with Crippen LogP contribution in [-0.4, -0.2) is 65.2 Å². The standard InChI is InChI=1S/C23H36N2O3/c1-18-12-19(2)14-22(13-18)28-17-23(27)15-24(20(3)26)10-11-25(16-23)21-8-6-4-5-7-9-21/h12-14,21,27H,4-11,15-17H2,1-3H3/t23-/m0/s1. The number of carbonyl (C=O) groups is 1. The summed E-state index contributed by atoms with van der Waals surface area (Å²) in [5.41, 5.74) is 1.23. The molecule has 0 bridgehead atoms. The Kier molecular flexibility index (Phi) is 7.00. The fourth-order valence-electron chi connectivity index (χ4n) is 4.72. The Morgan fingerprint density at radius 1 is 1.07 bits per heavy atom. The van der Waals surface area contributed by atoms with Crippen LogP contribution in [0.3, 0.4) is 0 Å². The molecule has 5 nitrogen and oxygen atoms in total. The summed E-state index contributed by atoms with van der Waals surface area (Å²) in [6.45, 7) is 8.28. The molecule has 1 saturated heterocycles. The minimum atomic E-state index is -1.06. The quantitative estimate of drug-likeness (QED) is 0.804. The van der Waals surface area contributed by atoms with Crippen molar-refractivity contribution in [2.45, 2.75) is 70.9 Å². The van der Waals surface area contributed by atoms with E-state index in [-0.39, 0.29) is 12.5 Å². The zero-order chi connectivity index (χ0) is 20.1. The molecular formula is C23H36N2O3. The zero-order valence-electron chi connectivity index (χ0n) is 17.7. The van der Waals surface area contributed by atoms with Gasteiger partial charge < -0.3 is 14.7 Å².